The minimum atomic E-state index is -0.663. The lowest BCUT2D eigenvalue weighted by molar-refractivity contribution is -0.143. The van der Waals surface area contributed by atoms with Gasteiger partial charge >= 0.3 is 5.97 Å². The van der Waals surface area contributed by atoms with Crippen molar-refractivity contribution in [1.82, 2.24) is 5.32 Å². The highest BCUT2D eigenvalue weighted by atomic mass is 16.5. The highest BCUT2D eigenvalue weighted by Crippen LogP contribution is 2.20. The monoisotopic (exact) mass is 1170 g/mol. The molecule has 0 aromatic rings. The molecule has 0 rings (SSSR count). The zero-order chi connectivity index (χ0) is 59.9. The Balaban J connectivity index is 3.34. The van der Waals surface area contributed by atoms with Crippen LogP contribution in [0.25, 0.3) is 0 Å². The number of carbonyl (C=O) groups is 2. The number of carbonyl (C=O) groups excluding carboxylic acids is 2. The molecule has 0 aromatic heterocycles. The summed E-state index contributed by atoms with van der Waals surface area (Å²) in [7, 11) is 0. The van der Waals surface area contributed by atoms with Crippen LogP contribution in [0.1, 0.15) is 457 Å². The second-order valence-electron chi connectivity index (χ2n) is 27.1. The zero-order valence-corrected chi connectivity index (χ0v) is 57.0. The van der Waals surface area contributed by atoms with Gasteiger partial charge in [-0.25, -0.2) is 0 Å². The average Bonchev–Trinajstić information content (AvgIpc) is 3.49. The molecule has 0 aromatic carbocycles. The van der Waals surface area contributed by atoms with E-state index in [1.165, 1.54) is 385 Å². The summed E-state index contributed by atoms with van der Waals surface area (Å²) in [6.45, 7) is 5.02. The van der Waals surface area contributed by atoms with Crippen molar-refractivity contribution in [2.24, 2.45) is 0 Å². The Labute approximate surface area is 521 Å². The normalized spacial score (nSPS) is 12.4. The Hall–Kier alpha value is -1.14. The maximum atomic E-state index is 12.6. The lowest BCUT2D eigenvalue weighted by Gasteiger charge is -2.22. The summed E-state index contributed by atoms with van der Waals surface area (Å²) in [5.74, 6) is -0.00307. The molecule has 0 heterocycles. The lowest BCUT2D eigenvalue weighted by Crippen LogP contribution is -2.45. The quantitative estimate of drug-likeness (QED) is 0.0417. The van der Waals surface area contributed by atoms with Crippen LogP contribution in [0.15, 0.2) is 0 Å². The van der Waals surface area contributed by atoms with Gasteiger partial charge < -0.3 is 20.3 Å². The van der Waals surface area contributed by atoms with Gasteiger partial charge in [0, 0.05) is 12.8 Å². The second kappa shape index (κ2) is 73.3. The Kier molecular flexibility index (Phi) is 72.3. The first-order valence-corrected chi connectivity index (χ1v) is 38.8. The van der Waals surface area contributed by atoms with Gasteiger partial charge in [-0.3, -0.25) is 9.59 Å². The van der Waals surface area contributed by atoms with E-state index in [0.29, 0.717) is 25.9 Å². The SMILES string of the molecule is CCCCCCCCCCCCCCCCCCCCCCCCCCC(O)C(CO)NC(=O)CCCCCCCCCCCCCCCCCCCCCCCCCCCCCOC(=O)CCCCCCCCCCCCCCCCC. The second-order valence-corrected chi connectivity index (χ2v) is 27.1. The molecule has 0 saturated heterocycles. The van der Waals surface area contributed by atoms with Crippen LogP contribution in [0.5, 0.6) is 0 Å². The standard InChI is InChI=1S/C77H153NO5/c1-3-5-7-9-11-13-15-17-19-20-21-22-23-29-32-35-38-42-45-49-53-57-61-65-69-75(80)74(73-79)78-76(81)70-66-62-58-54-50-46-43-39-36-33-30-27-25-24-26-28-31-34-37-40-44-48-52-56-60-64-68-72-83-77(82)71-67-63-59-55-51-47-41-18-16-14-12-10-8-6-4-2/h74-75,79-80H,3-73H2,1-2H3,(H,78,81). The minimum absolute atomic E-state index is 0.0227. The number of aliphatic hydroxyl groups excluding tert-OH is 2. The molecule has 83 heavy (non-hydrogen) atoms. The predicted molar refractivity (Wildman–Crippen MR) is 366 cm³/mol. The maximum Gasteiger partial charge on any atom is 0.305 e. The molecule has 2 atom stereocenters. The molecule has 0 radical (unpaired) electrons. The van der Waals surface area contributed by atoms with Crippen LogP contribution in [0.4, 0.5) is 0 Å². The van der Waals surface area contributed by atoms with Crippen LogP contribution >= 0.6 is 0 Å². The fourth-order valence-electron chi connectivity index (χ4n) is 12.8. The third-order valence-electron chi connectivity index (χ3n) is 18.7. The molecular weight excluding hydrogens is 1020 g/mol. The van der Waals surface area contributed by atoms with E-state index in [4.69, 9.17) is 4.74 Å². The molecule has 0 spiro atoms. The fourth-order valence-corrected chi connectivity index (χ4v) is 12.8. The molecule has 3 N–H and O–H groups in total. The number of rotatable bonds is 74. The van der Waals surface area contributed by atoms with Gasteiger partial charge in [0.15, 0.2) is 0 Å². The highest BCUT2D eigenvalue weighted by Gasteiger charge is 2.20. The van der Waals surface area contributed by atoms with Crippen molar-refractivity contribution < 1.29 is 24.5 Å². The number of unbranched alkanes of at least 4 members (excludes halogenated alkanes) is 63. The van der Waals surface area contributed by atoms with E-state index in [1.54, 1.807) is 0 Å². The van der Waals surface area contributed by atoms with Crippen LogP contribution in [0.2, 0.25) is 0 Å². The van der Waals surface area contributed by atoms with Crippen molar-refractivity contribution in [3.05, 3.63) is 0 Å². The van der Waals surface area contributed by atoms with Crippen molar-refractivity contribution >= 4 is 11.9 Å². The third-order valence-corrected chi connectivity index (χ3v) is 18.7. The number of aliphatic hydroxyl groups is 2. The largest absolute Gasteiger partial charge is 0.466 e. The number of nitrogens with one attached hydrogen (secondary N) is 1. The van der Waals surface area contributed by atoms with E-state index in [2.05, 4.69) is 19.2 Å². The van der Waals surface area contributed by atoms with E-state index < -0.39 is 12.1 Å². The minimum Gasteiger partial charge on any atom is -0.466 e. The molecule has 6 heteroatoms. The number of esters is 1. The summed E-state index contributed by atoms with van der Waals surface area (Å²) < 4.78 is 5.51. The van der Waals surface area contributed by atoms with E-state index in [0.717, 1.165) is 38.5 Å². The maximum absolute atomic E-state index is 12.6. The first-order chi connectivity index (χ1) is 41.0. The van der Waals surface area contributed by atoms with Gasteiger partial charge in [0.05, 0.1) is 25.4 Å². The molecule has 2 unspecified atom stereocenters. The van der Waals surface area contributed by atoms with Crippen molar-refractivity contribution in [3.8, 4) is 0 Å². The summed E-state index contributed by atoms with van der Waals surface area (Å²) in [5.41, 5.74) is 0. The summed E-state index contributed by atoms with van der Waals surface area (Å²) in [6.07, 6.45) is 90.4. The average molecular weight is 1170 g/mol. The van der Waals surface area contributed by atoms with E-state index >= 15 is 0 Å². The third kappa shape index (κ3) is 69.8. The summed E-state index contributed by atoms with van der Waals surface area (Å²) in [5, 5.41) is 23.5. The highest BCUT2D eigenvalue weighted by molar-refractivity contribution is 5.76. The van der Waals surface area contributed by atoms with E-state index in [9.17, 15) is 19.8 Å². The Bertz CT molecular complexity index is 1210. The van der Waals surface area contributed by atoms with Gasteiger partial charge in [-0.1, -0.05) is 418 Å². The molecule has 0 fully saturated rings. The van der Waals surface area contributed by atoms with Gasteiger partial charge in [0.1, 0.15) is 0 Å². The van der Waals surface area contributed by atoms with Crippen molar-refractivity contribution in [2.45, 2.75) is 469 Å². The van der Waals surface area contributed by atoms with Crippen LogP contribution < -0.4 is 5.32 Å². The van der Waals surface area contributed by atoms with Crippen LogP contribution in [0, 0.1) is 0 Å². The summed E-state index contributed by atoms with van der Waals surface area (Å²) in [6, 6.07) is -0.540. The van der Waals surface area contributed by atoms with Crippen LogP contribution in [0.3, 0.4) is 0 Å². The summed E-state index contributed by atoms with van der Waals surface area (Å²) in [4.78, 5) is 24.7. The fraction of sp³-hybridized carbons (Fsp3) is 0.974. The number of amides is 1. The van der Waals surface area contributed by atoms with Crippen molar-refractivity contribution in [1.29, 1.82) is 0 Å². The first kappa shape index (κ1) is 81.9. The smallest absolute Gasteiger partial charge is 0.305 e. The number of ether oxygens (including phenoxy) is 1. The Morgan fingerprint density at radius 1 is 0.289 bits per heavy atom. The van der Waals surface area contributed by atoms with Gasteiger partial charge in [-0.2, -0.15) is 0 Å². The van der Waals surface area contributed by atoms with E-state index in [1.807, 2.05) is 0 Å². The molecule has 496 valence electrons. The van der Waals surface area contributed by atoms with Crippen molar-refractivity contribution in [3.63, 3.8) is 0 Å². The lowest BCUT2D eigenvalue weighted by atomic mass is 10.0. The molecular formula is C77H153NO5. The first-order valence-electron chi connectivity index (χ1n) is 38.8. The van der Waals surface area contributed by atoms with Gasteiger partial charge in [-0.15, -0.1) is 0 Å². The molecule has 6 nitrogen and oxygen atoms in total. The van der Waals surface area contributed by atoms with Gasteiger partial charge in [-0.05, 0) is 25.7 Å². The zero-order valence-electron chi connectivity index (χ0n) is 57.0. The predicted octanol–water partition coefficient (Wildman–Crippen LogP) is 25.3. The summed E-state index contributed by atoms with van der Waals surface area (Å²) >= 11 is 0. The Morgan fingerprint density at radius 2 is 0.494 bits per heavy atom. The van der Waals surface area contributed by atoms with Crippen LogP contribution in [-0.2, 0) is 14.3 Å². The molecule has 0 aliphatic heterocycles. The topological polar surface area (TPSA) is 95.9 Å². The molecule has 0 bridgehead atoms. The van der Waals surface area contributed by atoms with Crippen molar-refractivity contribution in [2.75, 3.05) is 13.2 Å². The van der Waals surface area contributed by atoms with E-state index in [-0.39, 0.29) is 18.5 Å². The molecule has 0 saturated carbocycles. The van der Waals surface area contributed by atoms with Gasteiger partial charge in [0.2, 0.25) is 5.91 Å². The molecule has 0 aliphatic carbocycles. The Morgan fingerprint density at radius 3 is 0.735 bits per heavy atom. The van der Waals surface area contributed by atoms with Crippen LogP contribution in [-0.4, -0.2) is 47.4 Å². The van der Waals surface area contributed by atoms with Gasteiger partial charge in [0.25, 0.3) is 0 Å². The number of hydrogen-bond acceptors (Lipinski definition) is 5. The molecule has 0 aliphatic rings. The molecule has 1 amide bonds. The number of hydrogen-bond donors (Lipinski definition) is 3.